The van der Waals surface area contributed by atoms with E-state index in [4.69, 9.17) is 18.9 Å². The minimum Gasteiger partial charge on any atom is -0.489 e. The minimum atomic E-state index is -0.470. The molecule has 246 valence electrons. The lowest BCUT2D eigenvalue weighted by molar-refractivity contribution is -0.144. The molecule has 2 aromatic carbocycles. The average Bonchev–Trinajstić information content (AvgIpc) is 3.76. The fraction of sp³-hybridized carbons (Fsp3) is 0.412. The van der Waals surface area contributed by atoms with Crippen LogP contribution in [0.2, 0.25) is 0 Å². The van der Waals surface area contributed by atoms with Gasteiger partial charge in [-0.3, -0.25) is 9.98 Å². The topological polar surface area (TPSA) is 95.8 Å². The number of hydrogen-bond donors (Lipinski definition) is 0. The Kier molecular flexibility index (Phi) is 14.1. The second-order valence-corrected chi connectivity index (χ2v) is 15.3. The SMILES string of the molecule is C=CC(=O)OC(COc1c(C)cc(-c2cc(C)c(OCC(CSC3=NCCS3)OC(=O)C=C)c(C)c2)cc1C)CSC1=NCCS1. The third-order valence-electron chi connectivity index (χ3n) is 6.88. The van der Waals surface area contributed by atoms with E-state index in [-0.39, 0.29) is 13.2 Å². The quantitative estimate of drug-likeness (QED) is 0.140. The zero-order valence-corrected chi connectivity index (χ0v) is 29.9. The van der Waals surface area contributed by atoms with Gasteiger partial charge in [-0.15, -0.1) is 0 Å². The van der Waals surface area contributed by atoms with E-state index in [1.165, 1.54) is 12.2 Å². The molecule has 12 heteroatoms. The van der Waals surface area contributed by atoms with E-state index in [2.05, 4.69) is 47.4 Å². The lowest BCUT2D eigenvalue weighted by Crippen LogP contribution is -2.27. The van der Waals surface area contributed by atoms with Gasteiger partial charge < -0.3 is 18.9 Å². The molecule has 0 spiro atoms. The van der Waals surface area contributed by atoms with Crippen molar-refractivity contribution in [2.45, 2.75) is 39.9 Å². The van der Waals surface area contributed by atoms with Crippen LogP contribution in [0.5, 0.6) is 11.5 Å². The van der Waals surface area contributed by atoms with Crippen molar-refractivity contribution in [3.63, 3.8) is 0 Å². The Labute approximate surface area is 288 Å². The molecule has 0 saturated carbocycles. The molecule has 2 unspecified atom stereocenters. The summed E-state index contributed by atoms with van der Waals surface area (Å²) in [5.41, 5.74) is 6.06. The molecule has 2 aromatic rings. The molecule has 2 aliphatic heterocycles. The zero-order valence-electron chi connectivity index (χ0n) is 26.7. The van der Waals surface area contributed by atoms with Crippen molar-refractivity contribution in [3.8, 4) is 22.6 Å². The Morgan fingerprint density at radius 1 is 0.739 bits per heavy atom. The molecule has 2 heterocycles. The first-order chi connectivity index (χ1) is 22.2. The first-order valence-electron chi connectivity index (χ1n) is 14.9. The standard InChI is InChI=1S/C34H40N2O6S4/c1-7-29(37)41-27(19-45-33-35-9-11-43-33)17-39-31-21(3)13-25(14-22(31)4)26-15-23(5)32(24(6)16-26)40-18-28(42-30(38)8-2)20-46-34-36-10-12-44-34/h7-8,13-16,27-28H,1-2,9-12,17-20H2,3-6H3. The number of ether oxygens (including phenoxy) is 4. The lowest BCUT2D eigenvalue weighted by atomic mass is 9.96. The summed E-state index contributed by atoms with van der Waals surface area (Å²) in [4.78, 5) is 32.9. The summed E-state index contributed by atoms with van der Waals surface area (Å²) in [6, 6.07) is 8.41. The van der Waals surface area contributed by atoms with Gasteiger partial charge in [0.15, 0.2) is 0 Å². The van der Waals surface area contributed by atoms with Crippen molar-refractivity contribution < 1.29 is 28.5 Å². The van der Waals surface area contributed by atoms with Gasteiger partial charge in [-0.05, 0) is 85.3 Å². The van der Waals surface area contributed by atoms with Gasteiger partial charge in [0.25, 0.3) is 0 Å². The van der Waals surface area contributed by atoms with Crippen LogP contribution >= 0.6 is 47.0 Å². The van der Waals surface area contributed by atoms with E-state index >= 15 is 0 Å². The highest BCUT2D eigenvalue weighted by molar-refractivity contribution is 8.39. The van der Waals surface area contributed by atoms with E-state index in [0.717, 1.165) is 78.2 Å². The summed E-state index contributed by atoms with van der Waals surface area (Å²) in [5, 5.41) is 0. The molecular weight excluding hydrogens is 661 g/mol. The Morgan fingerprint density at radius 2 is 1.11 bits per heavy atom. The third kappa shape index (κ3) is 10.6. The number of aryl methyl sites for hydroxylation is 4. The van der Waals surface area contributed by atoms with Crippen LogP contribution < -0.4 is 9.47 Å². The van der Waals surface area contributed by atoms with Crippen LogP contribution in [0.3, 0.4) is 0 Å². The first kappa shape index (κ1) is 36.0. The van der Waals surface area contributed by atoms with Gasteiger partial charge in [0, 0.05) is 35.2 Å². The van der Waals surface area contributed by atoms with E-state index in [0.29, 0.717) is 11.5 Å². The highest BCUT2D eigenvalue weighted by atomic mass is 32.2. The lowest BCUT2D eigenvalue weighted by Gasteiger charge is -2.21. The maximum atomic E-state index is 12.0. The van der Waals surface area contributed by atoms with Crippen LogP contribution in [-0.2, 0) is 19.1 Å². The highest BCUT2D eigenvalue weighted by Gasteiger charge is 2.21. The van der Waals surface area contributed by atoms with E-state index in [1.54, 1.807) is 47.0 Å². The summed E-state index contributed by atoms with van der Waals surface area (Å²) < 4.78 is 25.7. The molecular formula is C34H40N2O6S4. The fourth-order valence-corrected chi connectivity index (χ4v) is 8.84. The van der Waals surface area contributed by atoms with Gasteiger partial charge in [0.1, 0.15) is 45.7 Å². The maximum Gasteiger partial charge on any atom is 0.330 e. The number of rotatable bonds is 15. The Balaban J connectivity index is 1.43. The van der Waals surface area contributed by atoms with E-state index in [1.807, 2.05) is 27.7 Å². The van der Waals surface area contributed by atoms with E-state index < -0.39 is 24.1 Å². The number of thioether (sulfide) groups is 4. The predicted molar refractivity (Wildman–Crippen MR) is 196 cm³/mol. The second-order valence-electron chi connectivity index (χ2n) is 10.6. The molecule has 0 amide bonds. The molecule has 0 radical (unpaired) electrons. The molecule has 2 aliphatic rings. The number of carbonyl (C=O) groups excluding carboxylic acids is 2. The molecule has 46 heavy (non-hydrogen) atoms. The number of hydrogen-bond acceptors (Lipinski definition) is 12. The van der Waals surface area contributed by atoms with Gasteiger partial charge in [-0.25, -0.2) is 9.59 Å². The molecule has 2 atom stereocenters. The summed E-state index contributed by atoms with van der Waals surface area (Å²) in [6.07, 6.45) is 1.47. The Bertz CT molecular complexity index is 1350. The van der Waals surface area contributed by atoms with Crippen LogP contribution in [0.15, 0.2) is 59.6 Å². The molecule has 0 aromatic heterocycles. The Morgan fingerprint density at radius 3 is 1.41 bits per heavy atom. The maximum absolute atomic E-state index is 12.0. The smallest absolute Gasteiger partial charge is 0.330 e. The van der Waals surface area contributed by atoms with Crippen molar-refractivity contribution in [1.29, 1.82) is 0 Å². The van der Waals surface area contributed by atoms with Gasteiger partial charge in [-0.1, -0.05) is 60.2 Å². The van der Waals surface area contributed by atoms with Crippen LogP contribution in [-0.4, -0.2) is 82.2 Å². The van der Waals surface area contributed by atoms with Gasteiger partial charge in [0.05, 0.1) is 13.1 Å². The number of aliphatic imine (C=N–C) groups is 2. The normalized spacial score (nSPS) is 15.4. The van der Waals surface area contributed by atoms with Crippen LogP contribution in [0.25, 0.3) is 11.1 Å². The molecule has 0 bridgehead atoms. The molecule has 0 saturated heterocycles. The number of esters is 2. The number of nitrogens with zero attached hydrogens (tertiary/aromatic N) is 2. The minimum absolute atomic E-state index is 0.227. The van der Waals surface area contributed by atoms with Crippen LogP contribution in [0.4, 0.5) is 0 Å². The fourth-order valence-electron chi connectivity index (χ4n) is 4.83. The monoisotopic (exact) mass is 700 g/mol. The van der Waals surface area contributed by atoms with Crippen LogP contribution in [0.1, 0.15) is 22.3 Å². The van der Waals surface area contributed by atoms with Gasteiger partial charge >= 0.3 is 11.9 Å². The molecule has 0 fully saturated rings. The van der Waals surface area contributed by atoms with Crippen molar-refractivity contribution in [1.82, 2.24) is 0 Å². The van der Waals surface area contributed by atoms with Crippen LogP contribution in [0, 0.1) is 27.7 Å². The van der Waals surface area contributed by atoms with E-state index in [9.17, 15) is 9.59 Å². The van der Waals surface area contributed by atoms with Crippen molar-refractivity contribution >= 4 is 67.7 Å². The summed E-state index contributed by atoms with van der Waals surface area (Å²) in [6.45, 7) is 17.2. The largest absolute Gasteiger partial charge is 0.489 e. The van der Waals surface area contributed by atoms with Crippen molar-refractivity contribution in [2.24, 2.45) is 9.98 Å². The zero-order chi connectivity index (χ0) is 33.1. The molecule has 8 nitrogen and oxygen atoms in total. The van der Waals surface area contributed by atoms with Gasteiger partial charge in [0.2, 0.25) is 0 Å². The summed E-state index contributed by atoms with van der Waals surface area (Å²) in [7, 11) is 0. The molecule has 4 rings (SSSR count). The molecule has 0 N–H and O–H groups in total. The Hall–Kier alpha value is -2.80. The summed E-state index contributed by atoms with van der Waals surface area (Å²) in [5.74, 6) is 3.68. The van der Waals surface area contributed by atoms with Crippen molar-refractivity contribution in [3.05, 3.63) is 71.8 Å². The number of benzene rings is 2. The summed E-state index contributed by atoms with van der Waals surface area (Å²) >= 11 is 6.61. The highest BCUT2D eigenvalue weighted by Crippen LogP contribution is 2.35. The predicted octanol–water partition coefficient (Wildman–Crippen LogP) is 7.21. The second kappa shape index (κ2) is 17.9. The number of carbonyl (C=O) groups is 2. The average molecular weight is 701 g/mol. The molecule has 0 aliphatic carbocycles. The third-order valence-corrected chi connectivity index (χ3v) is 11.6. The van der Waals surface area contributed by atoms with Gasteiger partial charge in [-0.2, -0.15) is 0 Å². The van der Waals surface area contributed by atoms with Crippen molar-refractivity contribution in [2.75, 3.05) is 49.3 Å². The first-order valence-corrected chi connectivity index (χ1v) is 18.9.